The van der Waals surface area contributed by atoms with Gasteiger partial charge in [0.05, 0.1) is 16.5 Å². The Morgan fingerprint density at radius 1 is 1.23 bits per heavy atom. The molecular weight excluding hydrogens is 420 g/mol. The number of hydrogen-bond donors (Lipinski definition) is 1. The molecule has 0 aromatic heterocycles. The minimum absolute atomic E-state index is 0.103. The van der Waals surface area contributed by atoms with Crippen LogP contribution < -0.4 is 14.4 Å². The summed E-state index contributed by atoms with van der Waals surface area (Å²) >= 11 is 3.29. The number of benzene rings is 2. The second-order valence-corrected chi connectivity index (χ2v) is 8.56. The van der Waals surface area contributed by atoms with E-state index in [0.717, 1.165) is 17.7 Å². The lowest BCUT2D eigenvalue weighted by Crippen LogP contribution is -2.25. The molecule has 0 saturated carbocycles. The molecule has 0 atom stereocenters. The fourth-order valence-corrected chi connectivity index (χ4v) is 4.57. The monoisotopic (exact) mass is 438 g/mol. The van der Waals surface area contributed by atoms with Crippen LogP contribution in [0.4, 0.5) is 5.69 Å². The average molecular weight is 439 g/mol. The van der Waals surface area contributed by atoms with Crippen LogP contribution >= 0.6 is 15.9 Å². The first kappa shape index (κ1) is 18.9. The standard InChI is InChI=1S/C18H19BrN2O4S/c1-25-17-8-7-15(11-16(17)19)26(23,24)20-12-13-4-2-5-14(10-13)21-9-3-6-18(21)22/h2,4-5,7-8,10-11,20H,3,6,9,12H2,1H3. The molecule has 1 N–H and O–H groups in total. The third-order valence-electron chi connectivity index (χ3n) is 4.20. The first-order chi connectivity index (χ1) is 12.4. The van der Waals surface area contributed by atoms with Crippen molar-refractivity contribution in [3.05, 3.63) is 52.5 Å². The highest BCUT2D eigenvalue weighted by molar-refractivity contribution is 9.10. The Kier molecular flexibility index (Phi) is 5.64. The van der Waals surface area contributed by atoms with Gasteiger partial charge in [0, 0.05) is 25.2 Å². The molecule has 6 nitrogen and oxygen atoms in total. The maximum absolute atomic E-state index is 12.5. The molecule has 1 aliphatic heterocycles. The molecule has 1 heterocycles. The predicted octanol–water partition coefficient (Wildman–Crippen LogP) is 3.06. The quantitative estimate of drug-likeness (QED) is 0.751. The molecule has 26 heavy (non-hydrogen) atoms. The van der Waals surface area contributed by atoms with E-state index in [-0.39, 0.29) is 17.3 Å². The number of hydrogen-bond acceptors (Lipinski definition) is 4. The lowest BCUT2D eigenvalue weighted by Gasteiger charge is -2.16. The second-order valence-electron chi connectivity index (χ2n) is 5.94. The third-order valence-corrected chi connectivity index (χ3v) is 6.21. The van der Waals surface area contributed by atoms with Crippen molar-refractivity contribution in [2.75, 3.05) is 18.6 Å². The molecule has 0 bridgehead atoms. The first-order valence-corrected chi connectivity index (χ1v) is 10.4. The molecule has 138 valence electrons. The van der Waals surface area contributed by atoms with Crippen LogP contribution in [0.3, 0.4) is 0 Å². The lowest BCUT2D eigenvalue weighted by molar-refractivity contribution is -0.117. The summed E-state index contributed by atoms with van der Waals surface area (Å²) in [7, 11) is -2.15. The zero-order valence-corrected chi connectivity index (χ0v) is 16.6. The van der Waals surface area contributed by atoms with Gasteiger partial charge in [0.2, 0.25) is 15.9 Å². The molecule has 1 amide bonds. The van der Waals surface area contributed by atoms with Gasteiger partial charge >= 0.3 is 0 Å². The third kappa shape index (κ3) is 4.08. The van der Waals surface area contributed by atoms with Crippen molar-refractivity contribution >= 4 is 37.5 Å². The van der Waals surface area contributed by atoms with Crippen LogP contribution in [0.15, 0.2) is 51.8 Å². The number of anilines is 1. The maximum Gasteiger partial charge on any atom is 0.240 e. The molecule has 0 aliphatic carbocycles. The number of nitrogens with one attached hydrogen (secondary N) is 1. The summed E-state index contributed by atoms with van der Waals surface area (Å²) in [6.45, 7) is 0.843. The molecule has 0 radical (unpaired) electrons. The molecule has 0 spiro atoms. The van der Waals surface area contributed by atoms with E-state index in [1.54, 1.807) is 11.0 Å². The zero-order valence-electron chi connectivity index (χ0n) is 14.2. The van der Waals surface area contributed by atoms with Crippen LogP contribution in [0.5, 0.6) is 5.75 Å². The topological polar surface area (TPSA) is 75.7 Å². The smallest absolute Gasteiger partial charge is 0.240 e. The largest absolute Gasteiger partial charge is 0.496 e. The van der Waals surface area contributed by atoms with Crippen molar-refractivity contribution in [3.63, 3.8) is 0 Å². The van der Waals surface area contributed by atoms with Crippen molar-refractivity contribution in [2.24, 2.45) is 0 Å². The highest BCUT2D eigenvalue weighted by atomic mass is 79.9. The summed E-state index contributed by atoms with van der Waals surface area (Å²) < 4.78 is 33.3. The summed E-state index contributed by atoms with van der Waals surface area (Å²) in [5.74, 6) is 0.665. The van der Waals surface area contributed by atoms with Crippen molar-refractivity contribution in [1.29, 1.82) is 0 Å². The number of carbonyl (C=O) groups excluding carboxylic acids is 1. The Balaban J connectivity index is 1.74. The van der Waals surface area contributed by atoms with Gasteiger partial charge < -0.3 is 9.64 Å². The number of rotatable bonds is 6. The molecule has 2 aromatic rings. The molecule has 1 fully saturated rings. The SMILES string of the molecule is COc1ccc(S(=O)(=O)NCc2cccc(N3CCCC3=O)c2)cc1Br. The van der Waals surface area contributed by atoms with Crippen LogP contribution in [-0.4, -0.2) is 28.0 Å². The number of carbonyl (C=O) groups is 1. The lowest BCUT2D eigenvalue weighted by atomic mass is 10.2. The minimum Gasteiger partial charge on any atom is -0.496 e. The van der Waals surface area contributed by atoms with Gasteiger partial charge in [0.25, 0.3) is 0 Å². The fraction of sp³-hybridized carbons (Fsp3) is 0.278. The van der Waals surface area contributed by atoms with Gasteiger partial charge in [0.15, 0.2) is 0 Å². The number of sulfonamides is 1. The van der Waals surface area contributed by atoms with Crippen LogP contribution in [-0.2, 0) is 21.4 Å². The van der Waals surface area contributed by atoms with Gasteiger partial charge in [-0.25, -0.2) is 13.1 Å². The normalized spacial score (nSPS) is 14.7. The summed E-state index contributed by atoms with van der Waals surface area (Å²) in [5.41, 5.74) is 1.59. The van der Waals surface area contributed by atoms with Crippen LogP contribution in [0.1, 0.15) is 18.4 Å². The molecule has 1 saturated heterocycles. The van der Waals surface area contributed by atoms with E-state index in [0.29, 0.717) is 23.2 Å². The van der Waals surface area contributed by atoms with E-state index < -0.39 is 10.0 Å². The summed E-state index contributed by atoms with van der Waals surface area (Å²) in [6, 6.07) is 12.0. The van der Waals surface area contributed by atoms with Crippen molar-refractivity contribution in [3.8, 4) is 5.75 Å². The van der Waals surface area contributed by atoms with Gasteiger partial charge in [0.1, 0.15) is 5.75 Å². The predicted molar refractivity (Wildman–Crippen MR) is 103 cm³/mol. The van der Waals surface area contributed by atoms with Crippen molar-refractivity contribution in [2.45, 2.75) is 24.3 Å². The Labute approximate surface area is 161 Å². The Morgan fingerprint density at radius 2 is 2.04 bits per heavy atom. The second kappa shape index (κ2) is 7.77. The van der Waals surface area contributed by atoms with E-state index in [2.05, 4.69) is 20.7 Å². The summed E-state index contributed by atoms with van der Waals surface area (Å²) in [5, 5.41) is 0. The number of nitrogens with zero attached hydrogens (tertiary/aromatic N) is 1. The van der Waals surface area contributed by atoms with E-state index in [4.69, 9.17) is 4.74 Å². The van der Waals surface area contributed by atoms with Crippen LogP contribution in [0.2, 0.25) is 0 Å². The number of halogens is 1. The van der Waals surface area contributed by atoms with Crippen LogP contribution in [0.25, 0.3) is 0 Å². The number of ether oxygens (including phenoxy) is 1. The summed E-state index contributed by atoms with van der Waals surface area (Å²) in [4.78, 5) is 13.8. The van der Waals surface area contributed by atoms with E-state index in [9.17, 15) is 13.2 Å². The molecule has 8 heteroatoms. The average Bonchev–Trinajstić information content (AvgIpc) is 3.06. The molecule has 3 rings (SSSR count). The van der Waals surface area contributed by atoms with Crippen molar-refractivity contribution < 1.29 is 17.9 Å². The molecule has 1 aliphatic rings. The fourth-order valence-electron chi connectivity index (χ4n) is 2.83. The Morgan fingerprint density at radius 3 is 2.69 bits per heavy atom. The van der Waals surface area contributed by atoms with E-state index in [1.807, 2.05) is 24.3 Å². The highest BCUT2D eigenvalue weighted by Crippen LogP contribution is 2.27. The minimum atomic E-state index is -3.66. The summed E-state index contributed by atoms with van der Waals surface area (Å²) in [6.07, 6.45) is 1.41. The van der Waals surface area contributed by atoms with Gasteiger partial charge in [-0.3, -0.25) is 4.79 Å². The van der Waals surface area contributed by atoms with Gasteiger partial charge in [-0.2, -0.15) is 0 Å². The molecule has 2 aromatic carbocycles. The van der Waals surface area contributed by atoms with Gasteiger partial charge in [-0.15, -0.1) is 0 Å². The van der Waals surface area contributed by atoms with E-state index >= 15 is 0 Å². The Bertz CT molecular complexity index is 931. The van der Waals surface area contributed by atoms with Crippen molar-refractivity contribution in [1.82, 2.24) is 4.72 Å². The van der Waals surface area contributed by atoms with Gasteiger partial charge in [-0.1, -0.05) is 12.1 Å². The number of methoxy groups -OCH3 is 1. The Hall–Kier alpha value is -1.90. The van der Waals surface area contributed by atoms with Crippen LogP contribution in [0, 0.1) is 0 Å². The molecule has 0 unspecified atom stereocenters. The highest BCUT2D eigenvalue weighted by Gasteiger charge is 2.22. The van der Waals surface area contributed by atoms with Gasteiger partial charge in [-0.05, 0) is 58.2 Å². The van der Waals surface area contributed by atoms with E-state index in [1.165, 1.54) is 19.2 Å². The maximum atomic E-state index is 12.5. The number of amides is 1. The zero-order chi connectivity index (χ0) is 18.7. The molecular formula is C18H19BrN2O4S. The first-order valence-electron chi connectivity index (χ1n) is 8.13.